The Bertz CT molecular complexity index is 928. The minimum Gasteiger partial charge on any atom is -0.466 e. The maximum Gasteiger partial charge on any atom is 0.310 e. The molecule has 0 spiro atoms. The predicted octanol–water partition coefficient (Wildman–Crippen LogP) is 3.62. The topological polar surface area (TPSA) is 95.9 Å². The molecular weight excluding hydrogens is 432 g/mol. The number of rotatable bonds is 10. The van der Waals surface area contributed by atoms with Gasteiger partial charge in [-0.1, -0.05) is 44.1 Å². The first kappa shape index (κ1) is 25.9. The number of fused-ring (bicyclic) bond motifs is 1. The van der Waals surface area contributed by atoms with E-state index in [9.17, 15) is 14.4 Å². The zero-order valence-corrected chi connectivity index (χ0v) is 20.8. The number of hydrogen-bond donors (Lipinski definition) is 2. The van der Waals surface area contributed by atoms with Gasteiger partial charge in [0.25, 0.3) is 0 Å². The van der Waals surface area contributed by atoms with E-state index in [1.807, 2.05) is 51.1 Å². The number of hydrogen-bond acceptors (Lipinski definition) is 5. The number of anilines is 1. The molecule has 34 heavy (non-hydrogen) atoms. The van der Waals surface area contributed by atoms with Gasteiger partial charge in [0.1, 0.15) is 6.04 Å². The monoisotopic (exact) mass is 470 g/mol. The second kappa shape index (κ2) is 11.6. The molecule has 0 unspecified atom stereocenters. The zero-order chi connectivity index (χ0) is 24.8. The molecule has 7 nitrogen and oxygen atoms in total. The predicted molar refractivity (Wildman–Crippen MR) is 131 cm³/mol. The number of aliphatic hydroxyl groups is 1. The summed E-state index contributed by atoms with van der Waals surface area (Å²) in [6.45, 7) is 8.44. The van der Waals surface area contributed by atoms with Crippen molar-refractivity contribution < 1.29 is 24.2 Å². The molecular formula is C27H38N2O5. The van der Waals surface area contributed by atoms with E-state index in [0.717, 1.165) is 42.5 Å². The summed E-state index contributed by atoms with van der Waals surface area (Å²) in [6.07, 6.45) is 7.08. The molecule has 5 atom stereocenters. The van der Waals surface area contributed by atoms with Crippen molar-refractivity contribution in [2.75, 3.05) is 25.1 Å². The number of aryl methyl sites for hydroxylation is 2. The summed E-state index contributed by atoms with van der Waals surface area (Å²) in [6, 6.07) is 5.20. The van der Waals surface area contributed by atoms with E-state index in [0.29, 0.717) is 6.54 Å². The Kier molecular flexibility index (Phi) is 8.89. The molecule has 2 N–H and O–H groups in total. The van der Waals surface area contributed by atoms with Crippen LogP contribution in [0.4, 0.5) is 5.69 Å². The average molecular weight is 471 g/mol. The third-order valence-corrected chi connectivity index (χ3v) is 7.06. The number of unbranched alkanes of at least 4 members (excludes halogenated alkanes) is 3. The molecule has 1 fully saturated rings. The lowest BCUT2D eigenvalue weighted by Crippen LogP contribution is -2.44. The molecule has 7 heteroatoms. The second-order valence-corrected chi connectivity index (χ2v) is 9.55. The lowest BCUT2D eigenvalue weighted by atomic mass is 9.70. The van der Waals surface area contributed by atoms with Crippen molar-refractivity contribution in [3.05, 3.63) is 41.5 Å². The number of ether oxygens (including phenoxy) is 1. The molecule has 1 aromatic carbocycles. The van der Waals surface area contributed by atoms with Crippen molar-refractivity contribution in [3.8, 4) is 0 Å². The lowest BCUT2D eigenvalue weighted by Gasteiger charge is -2.32. The van der Waals surface area contributed by atoms with E-state index < -0.39 is 17.9 Å². The number of likely N-dealkylation sites (tertiary alicyclic amines) is 1. The Hall–Kier alpha value is -2.67. The minimum absolute atomic E-state index is 0.142. The van der Waals surface area contributed by atoms with Gasteiger partial charge in [-0.2, -0.15) is 0 Å². The molecule has 186 valence electrons. The summed E-state index contributed by atoms with van der Waals surface area (Å²) in [5, 5.41) is 12.1. The number of allylic oxidation sites excluding steroid dienone is 1. The first-order valence-electron chi connectivity index (χ1n) is 12.4. The van der Waals surface area contributed by atoms with Crippen LogP contribution in [-0.2, 0) is 19.1 Å². The second-order valence-electron chi connectivity index (χ2n) is 9.55. The third kappa shape index (κ3) is 5.52. The Balaban J connectivity index is 1.90. The Labute approximate surface area is 202 Å². The van der Waals surface area contributed by atoms with Crippen LogP contribution in [0.1, 0.15) is 50.7 Å². The maximum absolute atomic E-state index is 13.7. The number of esters is 1. The summed E-state index contributed by atoms with van der Waals surface area (Å²) < 4.78 is 5.32. The van der Waals surface area contributed by atoms with Gasteiger partial charge in [0.2, 0.25) is 11.8 Å². The van der Waals surface area contributed by atoms with Crippen molar-refractivity contribution in [1.82, 2.24) is 4.90 Å². The maximum atomic E-state index is 13.7. The molecule has 0 radical (unpaired) electrons. The van der Waals surface area contributed by atoms with Crippen molar-refractivity contribution in [2.24, 2.45) is 23.7 Å². The fourth-order valence-electron chi connectivity index (χ4n) is 5.26. The molecule has 1 aliphatic heterocycles. The van der Waals surface area contributed by atoms with Crippen LogP contribution in [-0.4, -0.2) is 53.6 Å². The van der Waals surface area contributed by atoms with Gasteiger partial charge in [0.05, 0.1) is 18.4 Å². The fraction of sp³-hybridized carbons (Fsp3) is 0.593. The highest BCUT2D eigenvalue weighted by atomic mass is 16.5. The summed E-state index contributed by atoms with van der Waals surface area (Å²) in [7, 11) is 0. The minimum atomic E-state index is -0.684. The highest BCUT2D eigenvalue weighted by Gasteiger charge is 2.56. The van der Waals surface area contributed by atoms with Crippen molar-refractivity contribution in [1.29, 1.82) is 0 Å². The molecule has 1 saturated heterocycles. The number of carbonyl (C=O) groups excluding carboxylic acids is 3. The van der Waals surface area contributed by atoms with Crippen LogP contribution in [0, 0.1) is 37.5 Å². The van der Waals surface area contributed by atoms with Crippen LogP contribution < -0.4 is 5.32 Å². The van der Waals surface area contributed by atoms with Gasteiger partial charge in [-0.3, -0.25) is 14.4 Å². The van der Waals surface area contributed by atoms with E-state index in [-0.39, 0.29) is 42.8 Å². The lowest BCUT2D eigenvalue weighted by molar-refractivity contribution is -0.155. The fourth-order valence-corrected chi connectivity index (χ4v) is 5.26. The smallest absolute Gasteiger partial charge is 0.310 e. The van der Waals surface area contributed by atoms with Crippen LogP contribution in [0.25, 0.3) is 0 Å². The molecule has 0 bridgehead atoms. The van der Waals surface area contributed by atoms with Crippen LogP contribution in [0.5, 0.6) is 0 Å². The van der Waals surface area contributed by atoms with E-state index in [1.54, 1.807) is 11.8 Å². The molecule has 0 aromatic heterocycles. The number of amides is 2. The van der Waals surface area contributed by atoms with Gasteiger partial charge in [-0.25, -0.2) is 0 Å². The SMILES string of the molecule is CCOC(=O)[C@H]1[C@H]2C(=O)N(CCCCCCO)[C@H](C(=O)Nc3cc(C)ccc3C)[C@H]2C=C[C@H]1C. The van der Waals surface area contributed by atoms with Gasteiger partial charge >= 0.3 is 5.97 Å². The number of benzene rings is 1. The van der Waals surface area contributed by atoms with Gasteiger partial charge in [0, 0.05) is 24.8 Å². The molecule has 1 aliphatic carbocycles. The van der Waals surface area contributed by atoms with E-state index in [2.05, 4.69) is 5.32 Å². The van der Waals surface area contributed by atoms with Gasteiger partial charge in [0.15, 0.2) is 0 Å². The molecule has 2 aliphatic rings. The highest BCUT2D eigenvalue weighted by molar-refractivity contribution is 6.02. The summed E-state index contributed by atoms with van der Waals surface area (Å²) in [5.41, 5.74) is 2.72. The highest BCUT2D eigenvalue weighted by Crippen LogP contribution is 2.44. The van der Waals surface area contributed by atoms with Crippen LogP contribution in [0.2, 0.25) is 0 Å². The van der Waals surface area contributed by atoms with E-state index in [4.69, 9.17) is 9.84 Å². The van der Waals surface area contributed by atoms with Crippen molar-refractivity contribution >= 4 is 23.5 Å². The molecule has 2 amide bonds. The normalized spacial score (nSPS) is 25.9. The molecule has 0 saturated carbocycles. The Morgan fingerprint density at radius 3 is 2.56 bits per heavy atom. The van der Waals surface area contributed by atoms with Gasteiger partial charge in [-0.15, -0.1) is 0 Å². The van der Waals surface area contributed by atoms with Gasteiger partial charge < -0.3 is 20.1 Å². The van der Waals surface area contributed by atoms with E-state index >= 15 is 0 Å². The van der Waals surface area contributed by atoms with Gasteiger partial charge in [-0.05, 0) is 56.7 Å². The molecule has 3 rings (SSSR count). The summed E-state index contributed by atoms with van der Waals surface area (Å²) in [4.78, 5) is 41.8. The Morgan fingerprint density at radius 2 is 1.85 bits per heavy atom. The standard InChI is InChI=1S/C27H38N2O5/c1-5-34-27(33)22-19(4)12-13-20-23(22)26(32)29(14-8-6-7-9-15-30)24(20)25(31)28-21-16-17(2)10-11-18(21)3/h10-13,16,19-20,22-24,30H,5-9,14-15H2,1-4H3,(H,28,31)/t19-,20+,22-,23+,24+/m1/s1. The van der Waals surface area contributed by atoms with E-state index in [1.165, 1.54) is 0 Å². The average Bonchev–Trinajstić information content (AvgIpc) is 3.08. The first-order valence-corrected chi connectivity index (χ1v) is 12.4. The molecule has 1 heterocycles. The summed E-state index contributed by atoms with van der Waals surface area (Å²) >= 11 is 0. The van der Waals surface area contributed by atoms with Crippen LogP contribution >= 0.6 is 0 Å². The van der Waals surface area contributed by atoms with Crippen molar-refractivity contribution in [3.63, 3.8) is 0 Å². The number of nitrogens with zero attached hydrogens (tertiary/aromatic N) is 1. The van der Waals surface area contributed by atoms with Crippen molar-refractivity contribution in [2.45, 2.75) is 59.4 Å². The quantitative estimate of drug-likeness (QED) is 0.309. The van der Waals surface area contributed by atoms with Crippen LogP contribution in [0.3, 0.4) is 0 Å². The third-order valence-electron chi connectivity index (χ3n) is 7.06. The number of nitrogens with one attached hydrogen (secondary N) is 1. The van der Waals surface area contributed by atoms with Crippen LogP contribution in [0.15, 0.2) is 30.4 Å². The first-order chi connectivity index (χ1) is 16.3. The Morgan fingerprint density at radius 1 is 1.12 bits per heavy atom. The zero-order valence-electron chi connectivity index (χ0n) is 20.8. The number of aliphatic hydroxyl groups excluding tert-OH is 1. The largest absolute Gasteiger partial charge is 0.466 e. The number of carbonyl (C=O) groups is 3. The molecule has 1 aromatic rings. The summed E-state index contributed by atoms with van der Waals surface area (Å²) in [5.74, 6) is -2.49.